The van der Waals surface area contributed by atoms with Gasteiger partial charge in [0.05, 0.1) is 33.7 Å². The molecule has 5 rings (SSSR count). The molecule has 1 aromatic carbocycles. The van der Waals surface area contributed by atoms with Gasteiger partial charge >= 0.3 is 6.18 Å². The first-order valence-corrected chi connectivity index (χ1v) is 13.6. The minimum atomic E-state index is -4.46. The molecule has 192 valence electrons. The third kappa shape index (κ3) is 5.55. The number of nitrogens with one attached hydrogen (secondary N) is 1. The SMILES string of the molecule is Cc1nc2ccc(C(F)(F)F)cc2nc1/C=C/c1nc(N[C@@H]2CCS(O)(O)C2)cc(N2CCCC2)n1. The van der Waals surface area contributed by atoms with Crippen molar-refractivity contribution >= 4 is 45.4 Å². The van der Waals surface area contributed by atoms with Gasteiger partial charge in [-0.15, -0.1) is 0 Å². The van der Waals surface area contributed by atoms with E-state index in [0.717, 1.165) is 43.9 Å². The van der Waals surface area contributed by atoms with E-state index in [1.165, 1.54) is 6.07 Å². The number of halogens is 3. The molecule has 2 aliphatic rings. The Morgan fingerprint density at radius 1 is 1.03 bits per heavy atom. The number of hydrogen-bond donors (Lipinski definition) is 3. The maximum absolute atomic E-state index is 13.1. The second-order valence-electron chi connectivity index (χ2n) is 9.20. The largest absolute Gasteiger partial charge is 0.416 e. The zero-order valence-electron chi connectivity index (χ0n) is 19.7. The van der Waals surface area contributed by atoms with Crippen LogP contribution in [0.15, 0.2) is 24.3 Å². The van der Waals surface area contributed by atoms with Crippen LogP contribution in [0.25, 0.3) is 23.2 Å². The molecule has 8 nitrogen and oxygen atoms in total. The molecule has 0 unspecified atom stereocenters. The molecule has 3 aromatic rings. The fourth-order valence-electron chi connectivity index (χ4n) is 4.50. The Morgan fingerprint density at radius 3 is 2.50 bits per heavy atom. The van der Waals surface area contributed by atoms with Crippen LogP contribution >= 0.6 is 10.6 Å². The third-order valence-corrected chi connectivity index (χ3v) is 8.19. The molecule has 0 radical (unpaired) electrons. The predicted molar refractivity (Wildman–Crippen MR) is 136 cm³/mol. The summed E-state index contributed by atoms with van der Waals surface area (Å²) in [6, 6.07) is 5.10. The lowest BCUT2D eigenvalue weighted by Gasteiger charge is -2.26. The predicted octanol–water partition coefficient (Wildman–Crippen LogP) is 5.45. The van der Waals surface area contributed by atoms with Gasteiger partial charge in [0.15, 0.2) is 5.82 Å². The molecular weight excluding hydrogens is 493 g/mol. The highest BCUT2D eigenvalue weighted by atomic mass is 32.3. The number of fused-ring (bicyclic) bond motifs is 1. The van der Waals surface area contributed by atoms with E-state index in [1.54, 1.807) is 19.1 Å². The van der Waals surface area contributed by atoms with E-state index in [-0.39, 0.29) is 17.3 Å². The summed E-state index contributed by atoms with van der Waals surface area (Å²) in [5.41, 5.74) is 0.771. The zero-order valence-corrected chi connectivity index (χ0v) is 20.5. The van der Waals surface area contributed by atoms with Crippen molar-refractivity contribution < 1.29 is 22.3 Å². The van der Waals surface area contributed by atoms with Gasteiger partial charge in [-0.25, -0.2) is 19.9 Å². The molecule has 2 saturated heterocycles. The van der Waals surface area contributed by atoms with Crippen LogP contribution in [-0.2, 0) is 6.18 Å². The molecule has 36 heavy (non-hydrogen) atoms. The molecule has 0 saturated carbocycles. The third-order valence-electron chi connectivity index (χ3n) is 6.37. The van der Waals surface area contributed by atoms with E-state index in [4.69, 9.17) is 0 Å². The molecule has 2 fully saturated rings. The zero-order chi connectivity index (χ0) is 25.5. The first-order chi connectivity index (χ1) is 17.1. The van der Waals surface area contributed by atoms with Gasteiger partial charge in [0.25, 0.3) is 0 Å². The van der Waals surface area contributed by atoms with Gasteiger partial charge in [0, 0.05) is 31.0 Å². The van der Waals surface area contributed by atoms with Crippen molar-refractivity contribution in [1.82, 2.24) is 19.9 Å². The normalized spacial score (nSPS) is 20.9. The summed E-state index contributed by atoms with van der Waals surface area (Å²) in [7, 11) is -2.55. The van der Waals surface area contributed by atoms with Crippen LogP contribution in [0.5, 0.6) is 0 Å². The lowest BCUT2D eigenvalue weighted by atomic mass is 10.1. The van der Waals surface area contributed by atoms with E-state index in [9.17, 15) is 22.3 Å². The molecule has 0 spiro atoms. The van der Waals surface area contributed by atoms with Crippen molar-refractivity contribution in [2.75, 3.05) is 34.8 Å². The van der Waals surface area contributed by atoms with E-state index < -0.39 is 22.3 Å². The summed E-state index contributed by atoms with van der Waals surface area (Å²) in [5.74, 6) is 2.43. The summed E-state index contributed by atoms with van der Waals surface area (Å²) in [6.45, 7) is 3.53. The fraction of sp³-hybridized carbons (Fsp3) is 0.417. The van der Waals surface area contributed by atoms with Gasteiger partial charge in [-0.3, -0.25) is 9.11 Å². The molecule has 1 atom stereocenters. The molecule has 0 amide bonds. The summed E-state index contributed by atoms with van der Waals surface area (Å²) in [6.07, 6.45) is 1.66. The Labute approximate surface area is 208 Å². The molecule has 2 aromatic heterocycles. The maximum atomic E-state index is 13.1. The van der Waals surface area contributed by atoms with Crippen LogP contribution in [0.4, 0.5) is 24.8 Å². The van der Waals surface area contributed by atoms with Crippen molar-refractivity contribution in [2.45, 2.75) is 38.4 Å². The Bertz CT molecular complexity index is 1310. The lowest BCUT2D eigenvalue weighted by molar-refractivity contribution is -0.137. The molecule has 2 aliphatic heterocycles. The molecule has 0 bridgehead atoms. The smallest absolute Gasteiger partial charge is 0.366 e. The molecule has 4 heterocycles. The highest BCUT2D eigenvalue weighted by molar-refractivity contribution is 8.24. The van der Waals surface area contributed by atoms with Gasteiger partial charge in [0.2, 0.25) is 0 Å². The summed E-state index contributed by atoms with van der Waals surface area (Å²) < 4.78 is 59.4. The average molecular weight is 521 g/mol. The second kappa shape index (κ2) is 9.49. The Kier molecular flexibility index (Phi) is 6.52. The number of aromatic nitrogens is 4. The lowest BCUT2D eigenvalue weighted by Crippen LogP contribution is -2.23. The fourth-order valence-corrected chi connectivity index (χ4v) is 6.22. The van der Waals surface area contributed by atoms with Gasteiger partial charge in [-0.1, -0.05) is 0 Å². The van der Waals surface area contributed by atoms with E-state index >= 15 is 0 Å². The number of hydrogen-bond acceptors (Lipinski definition) is 8. The molecule has 3 N–H and O–H groups in total. The summed E-state index contributed by atoms with van der Waals surface area (Å²) in [4.78, 5) is 20.2. The Morgan fingerprint density at radius 2 is 1.81 bits per heavy atom. The van der Waals surface area contributed by atoms with Crippen LogP contribution in [-0.4, -0.2) is 59.7 Å². The van der Waals surface area contributed by atoms with Crippen LogP contribution in [0, 0.1) is 6.92 Å². The first kappa shape index (κ1) is 24.7. The number of aryl methyl sites for hydroxylation is 1. The van der Waals surface area contributed by atoms with E-state index in [2.05, 4.69) is 30.2 Å². The van der Waals surface area contributed by atoms with Crippen LogP contribution in [0.1, 0.15) is 42.0 Å². The van der Waals surface area contributed by atoms with Crippen molar-refractivity contribution in [3.63, 3.8) is 0 Å². The van der Waals surface area contributed by atoms with Gasteiger partial charge in [0.1, 0.15) is 11.6 Å². The molecular formula is C24H27F3N6O2S. The minimum absolute atomic E-state index is 0.0930. The topological polar surface area (TPSA) is 107 Å². The Hall–Kier alpha value is -2.96. The average Bonchev–Trinajstić information content (AvgIpc) is 3.46. The maximum Gasteiger partial charge on any atom is 0.416 e. The van der Waals surface area contributed by atoms with Crippen molar-refractivity contribution in [3.05, 3.63) is 47.0 Å². The van der Waals surface area contributed by atoms with Crippen LogP contribution in [0.3, 0.4) is 0 Å². The summed E-state index contributed by atoms with van der Waals surface area (Å²) >= 11 is 0. The molecule has 0 aliphatic carbocycles. The highest BCUT2D eigenvalue weighted by Gasteiger charge is 2.31. The highest BCUT2D eigenvalue weighted by Crippen LogP contribution is 2.46. The van der Waals surface area contributed by atoms with E-state index in [1.807, 2.05) is 6.07 Å². The van der Waals surface area contributed by atoms with Crippen LogP contribution < -0.4 is 10.2 Å². The monoisotopic (exact) mass is 520 g/mol. The quantitative estimate of drug-likeness (QED) is 0.408. The second-order valence-corrected chi connectivity index (χ2v) is 11.5. The van der Waals surface area contributed by atoms with E-state index in [0.29, 0.717) is 40.7 Å². The number of alkyl halides is 3. The van der Waals surface area contributed by atoms with Crippen molar-refractivity contribution in [1.29, 1.82) is 0 Å². The van der Waals surface area contributed by atoms with Gasteiger partial charge in [-0.2, -0.15) is 23.8 Å². The van der Waals surface area contributed by atoms with Crippen LogP contribution in [0.2, 0.25) is 0 Å². The minimum Gasteiger partial charge on any atom is -0.366 e. The first-order valence-electron chi connectivity index (χ1n) is 11.7. The van der Waals surface area contributed by atoms with Crippen molar-refractivity contribution in [3.8, 4) is 0 Å². The molecule has 12 heteroatoms. The summed E-state index contributed by atoms with van der Waals surface area (Å²) in [5, 5.41) is 3.31. The number of benzene rings is 1. The number of anilines is 2. The van der Waals surface area contributed by atoms with Crippen molar-refractivity contribution in [2.24, 2.45) is 0 Å². The Balaban J connectivity index is 1.46. The number of nitrogens with zero attached hydrogens (tertiary/aromatic N) is 5. The standard InChI is InChI=1S/C24H27F3N6O2S/c1-15-18(30-20-12-16(24(25,26)27)4-5-19(20)28-15)6-7-21-31-22(29-17-8-11-36(34,35)14-17)13-23(32-21)33-9-2-3-10-33/h4-7,12-13,17,34-35H,2-3,8-11,14H2,1H3,(H,29,31,32)/b7-6+/t17-/m1/s1. The van der Waals surface area contributed by atoms with Gasteiger partial charge < -0.3 is 10.2 Å². The van der Waals surface area contributed by atoms with Gasteiger partial charge in [-0.05, 0) is 56.5 Å². The number of rotatable bonds is 5.